The first-order valence-corrected chi connectivity index (χ1v) is 6.81. The number of aryl methyl sites for hydroxylation is 1. The molecule has 1 aliphatic rings. The van der Waals surface area contributed by atoms with E-state index >= 15 is 0 Å². The molecule has 1 aromatic heterocycles. The molecule has 2 heterocycles. The molecule has 1 fully saturated rings. The Labute approximate surface area is 118 Å². The van der Waals surface area contributed by atoms with E-state index in [9.17, 15) is 4.79 Å². The minimum atomic E-state index is -0.475. The van der Waals surface area contributed by atoms with Crippen LogP contribution in [0.5, 0.6) is 0 Å². The lowest BCUT2D eigenvalue weighted by Gasteiger charge is -2.39. The molecule has 0 aromatic carbocycles. The van der Waals surface area contributed by atoms with E-state index in [4.69, 9.17) is 9.15 Å². The maximum Gasteiger partial charge on any atom is 0.410 e. The minimum absolute atomic E-state index is 0.0332. The molecule has 7 heteroatoms. The highest BCUT2D eigenvalue weighted by Gasteiger charge is 2.32. The fourth-order valence-corrected chi connectivity index (χ4v) is 2.14. The average molecular weight is 282 g/mol. The Morgan fingerprint density at radius 1 is 1.35 bits per heavy atom. The van der Waals surface area contributed by atoms with Gasteiger partial charge < -0.3 is 19.0 Å². The molecule has 1 aromatic rings. The van der Waals surface area contributed by atoms with E-state index in [-0.39, 0.29) is 12.1 Å². The molecule has 0 spiro atoms. The monoisotopic (exact) mass is 282 g/mol. The number of hydrogen-bond acceptors (Lipinski definition) is 6. The number of carbonyl (C=O) groups is 1. The first kappa shape index (κ1) is 14.6. The number of anilines is 1. The van der Waals surface area contributed by atoms with E-state index < -0.39 is 5.60 Å². The Bertz CT molecular complexity index is 480. The van der Waals surface area contributed by atoms with Crippen molar-refractivity contribution in [2.75, 3.05) is 24.5 Å². The van der Waals surface area contributed by atoms with E-state index in [0.717, 1.165) is 0 Å². The van der Waals surface area contributed by atoms with Crippen molar-refractivity contribution in [2.45, 2.75) is 46.3 Å². The topological polar surface area (TPSA) is 71.7 Å². The van der Waals surface area contributed by atoms with E-state index in [1.807, 2.05) is 32.6 Å². The van der Waals surface area contributed by atoms with Gasteiger partial charge >= 0.3 is 12.1 Å². The van der Waals surface area contributed by atoms with Gasteiger partial charge in [-0.15, -0.1) is 5.10 Å². The molecular formula is C13H22N4O3. The van der Waals surface area contributed by atoms with E-state index in [1.54, 1.807) is 11.8 Å². The summed E-state index contributed by atoms with van der Waals surface area (Å²) in [6, 6.07) is 0.545. The molecule has 1 atom stereocenters. The highest BCUT2D eigenvalue weighted by atomic mass is 16.6. The molecule has 112 valence electrons. The summed E-state index contributed by atoms with van der Waals surface area (Å²) in [7, 11) is 0. The summed E-state index contributed by atoms with van der Waals surface area (Å²) in [5.41, 5.74) is -0.475. The number of piperazine rings is 1. The van der Waals surface area contributed by atoms with Gasteiger partial charge in [-0.2, -0.15) is 0 Å². The van der Waals surface area contributed by atoms with E-state index in [1.165, 1.54) is 0 Å². The summed E-state index contributed by atoms with van der Waals surface area (Å²) in [6.07, 6.45) is -0.272. The Balaban J connectivity index is 1.97. The highest BCUT2D eigenvalue weighted by molar-refractivity contribution is 5.69. The largest absolute Gasteiger partial charge is 0.444 e. The predicted molar refractivity (Wildman–Crippen MR) is 73.7 cm³/mol. The zero-order valence-electron chi connectivity index (χ0n) is 12.7. The lowest BCUT2D eigenvalue weighted by atomic mass is 10.2. The highest BCUT2D eigenvalue weighted by Crippen LogP contribution is 2.19. The van der Waals surface area contributed by atoms with Crippen molar-refractivity contribution >= 4 is 12.1 Å². The van der Waals surface area contributed by atoms with Crippen molar-refractivity contribution in [3.8, 4) is 0 Å². The van der Waals surface area contributed by atoms with E-state index in [0.29, 0.717) is 31.5 Å². The quantitative estimate of drug-likeness (QED) is 0.782. The Morgan fingerprint density at radius 2 is 2.05 bits per heavy atom. The number of aromatic nitrogens is 2. The summed E-state index contributed by atoms with van der Waals surface area (Å²) in [5.74, 6) is 0.544. The Hall–Kier alpha value is -1.79. The van der Waals surface area contributed by atoms with Crippen molar-refractivity contribution in [3.05, 3.63) is 5.89 Å². The summed E-state index contributed by atoms with van der Waals surface area (Å²) in [4.78, 5) is 15.8. The molecule has 20 heavy (non-hydrogen) atoms. The van der Waals surface area contributed by atoms with Crippen LogP contribution in [0.4, 0.5) is 10.8 Å². The maximum atomic E-state index is 12.1. The summed E-state index contributed by atoms with van der Waals surface area (Å²) >= 11 is 0. The molecule has 0 aliphatic carbocycles. The van der Waals surface area contributed by atoms with Crippen LogP contribution in [-0.2, 0) is 4.74 Å². The molecular weight excluding hydrogens is 260 g/mol. The molecule has 1 aliphatic heterocycles. The van der Waals surface area contributed by atoms with Gasteiger partial charge in [0.25, 0.3) is 0 Å². The van der Waals surface area contributed by atoms with E-state index in [2.05, 4.69) is 10.2 Å². The van der Waals surface area contributed by atoms with Gasteiger partial charge in [-0.25, -0.2) is 4.79 Å². The fraction of sp³-hybridized carbons (Fsp3) is 0.769. The van der Waals surface area contributed by atoms with Crippen LogP contribution in [0.3, 0.4) is 0 Å². The molecule has 0 N–H and O–H groups in total. The van der Waals surface area contributed by atoms with Gasteiger partial charge in [0.2, 0.25) is 5.89 Å². The van der Waals surface area contributed by atoms with Crippen molar-refractivity contribution < 1.29 is 13.9 Å². The molecule has 1 amide bonds. The number of amides is 1. The predicted octanol–water partition coefficient (Wildman–Crippen LogP) is 1.82. The van der Waals surface area contributed by atoms with Crippen molar-refractivity contribution in [3.63, 3.8) is 0 Å². The first-order chi connectivity index (χ1) is 9.26. The lowest BCUT2D eigenvalue weighted by Crippen LogP contribution is -2.55. The third kappa shape index (κ3) is 3.40. The second-order valence-corrected chi connectivity index (χ2v) is 6.07. The van der Waals surface area contributed by atoms with Gasteiger partial charge in [0.05, 0.1) is 0 Å². The van der Waals surface area contributed by atoms with Crippen molar-refractivity contribution in [1.29, 1.82) is 0 Å². The van der Waals surface area contributed by atoms with Gasteiger partial charge in [0.1, 0.15) is 5.60 Å². The Morgan fingerprint density at radius 3 is 2.55 bits per heavy atom. The molecule has 0 bridgehead atoms. The second-order valence-electron chi connectivity index (χ2n) is 6.07. The van der Waals surface area contributed by atoms with Gasteiger partial charge in [0, 0.05) is 32.6 Å². The van der Waals surface area contributed by atoms with Crippen LogP contribution in [0.2, 0.25) is 0 Å². The van der Waals surface area contributed by atoms with Crippen LogP contribution in [0.1, 0.15) is 33.6 Å². The third-order valence-corrected chi connectivity index (χ3v) is 3.04. The molecule has 1 saturated heterocycles. The summed E-state index contributed by atoms with van der Waals surface area (Å²) < 4.78 is 10.8. The summed E-state index contributed by atoms with van der Waals surface area (Å²) in [5, 5.41) is 7.83. The van der Waals surface area contributed by atoms with Gasteiger partial charge in [-0.3, -0.25) is 0 Å². The van der Waals surface area contributed by atoms with Gasteiger partial charge in [0.15, 0.2) is 0 Å². The van der Waals surface area contributed by atoms with Crippen LogP contribution in [0.15, 0.2) is 4.42 Å². The lowest BCUT2D eigenvalue weighted by molar-refractivity contribution is 0.0156. The molecule has 0 saturated carbocycles. The maximum absolute atomic E-state index is 12.1. The van der Waals surface area contributed by atoms with Crippen LogP contribution in [0, 0.1) is 6.92 Å². The zero-order valence-corrected chi connectivity index (χ0v) is 12.7. The Kier molecular flexibility index (Phi) is 3.87. The van der Waals surface area contributed by atoms with Crippen LogP contribution < -0.4 is 4.90 Å². The molecule has 1 unspecified atom stereocenters. The SMILES string of the molecule is Cc1nnc(N2CCN(C(=O)OC(C)(C)C)C(C)C2)o1. The minimum Gasteiger partial charge on any atom is -0.444 e. The van der Waals surface area contributed by atoms with Gasteiger partial charge in [-0.1, -0.05) is 5.10 Å². The van der Waals surface area contributed by atoms with Crippen LogP contribution >= 0.6 is 0 Å². The third-order valence-electron chi connectivity index (χ3n) is 3.04. The molecule has 2 rings (SSSR count). The average Bonchev–Trinajstić information content (AvgIpc) is 2.73. The number of ether oxygens (including phenoxy) is 1. The normalized spacial score (nSPS) is 20.1. The van der Waals surface area contributed by atoms with Crippen molar-refractivity contribution in [2.24, 2.45) is 0 Å². The number of hydrogen-bond donors (Lipinski definition) is 0. The standard InChI is InChI=1S/C13H22N4O3/c1-9-8-16(11-15-14-10(2)19-11)6-7-17(9)12(18)20-13(3,4)5/h9H,6-8H2,1-5H3. The number of nitrogens with zero attached hydrogens (tertiary/aromatic N) is 4. The number of carbonyl (C=O) groups excluding carboxylic acids is 1. The second kappa shape index (κ2) is 5.30. The molecule has 0 radical (unpaired) electrons. The zero-order chi connectivity index (χ0) is 14.9. The molecule has 7 nitrogen and oxygen atoms in total. The van der Waals surface area contributed by atoms with Crippen LogP contribution in [-0.4, -0.2) is 52.5 Å². The first-order valence-electron chi connectivity index (χ1n) is 6.81. The van der Waals surface area contributed by atoms with Gasteiger partial charge in [-0.05, 0) is 27.7 Å². The smallest absolute Gasteiger partial charge is 0.410 e. The summed E-state index contributed by atoms with van der Waals surface area (Å²) in [6.45, 7) is 11.2. The fourth-order valence-electron chi connectivity index (χ4n) is 2.14. The number of rotatable bonds is 1. The van der Waals surface area contributed by atoms with Crippen molar-refractivity contribution in [1.82, 2.24) is 15.1 Å². The van der Waals surface area contributed by atoms with Crippen LogP contribution in [0.25, 0.3) is 0 Å².